The van der Waals surface area contributed by atoms with Gasteiger partial charge in [0.1, 0.15) is 0 Å². The third kappa shape index (κ3) is 2.58. The molecule has 2 heterocycles. The fourth-order valence-electron chi connectivity index (χ4n) is 1.77. The lowest BCUT2D eigenvalue weighted by Crippen LogP contribution is -2.37. The van der Waals surface area contributed by atoms with Gasteiger partial charge in [-0.3, -0.25) is 0 Å². The molecule has 2 N–H and O–H groups in total. The summed E-state index contributed by atoms with van der Waals surface area (Å²) in [5, 5.41) is 3.93. The summed E-state index contributed by atoms with van der Waals surface area (Å²) in [4.78, 5) is 6.34. The molecule has 1 aliphatic rings. The zero-order valence-electron chi connectivity index (χ0n) is 9.72. The van der Waals surface area contributed by atoms with Gasteiger partial charge in [0.05, 0.1) is 19.1 Å². The van der Waals surface area contributed by atoms with E-state index >= 15 is 0 Å². The Bertz CT molecular complexity index is 339. The summed E-state index contributed by atoms with van der Waals surface area (Å²) in [6, 6.07) is 0.0569. The van der Waals surface area contributed by atoms with Gasteiger partial charge in [0.2, 0.25) is 5.89 Å². The number of nitrogens with zero attached hydrogens (tertiary/aromatic N) is 3. The first-order chi connectivity index (χ1) is 7.66. The van der Waals surface area contributed by atoms with E-state index in [4.69, 9.17) is 15.0 Å². The second-order valence-corrected chi connectivity index (χ2v) is 4.42. The van der Waals surface area contributed by atoms with Gasteiger partial charge in [-0.2, -0.15) is 4.98 Å². The zero-order valence-corrected chi connectivity index (χ0v) is 9.72. The highest BCUT2D eigenvalue weighted by Gasteiger charge is 2.29. The highest BCUT2D eigenvalue weighted by atomic mass is 16.5. The average molecular weight is 226 g/mol. The standard InChI is InChI=1S/C10H18N4O2/c1-14(2)5-9-12-10(16-13-9)7-6-15-4-3-8(7)11/h7-8H,3-6,11H2,1-2H3. The van der Waals surface area contributed by atoms with Crippen molar-refractivity contribution in [2.75, 3.05) is 27.3 Å². The van der Waals surface area contributed by atoms with Crippen LogP contribution in [0.25, 0.3) is 0 Å². The topological polar surface area (TPSA) is 77.4 Å². The summed E-state index contributed by atoms with van der Waals surface area (Å²) in [5.74, 6) is 1.33. The summed E-state index contributed by atoms with van der Waals surface area (Å²) < 4.78 is 10.6. The second-order valence-electron chi connectivity index (χ2n) is 4.42. The summed E-state index contributed by atoms with van der Waals surface area (Å²) in [6.07, 6.45) is 0.843. The minimum absolute atomic E-state index is 0.0390. The predicted octanol–water partition coefficient (Wildman–Crippen LogP) is -0.0376. The summed E-state index contributed by atoms with van der Waals surface area (Å²) in [6.45, 7) is 1.97. The molecular weight excluding hydrogens is 208 g/mol. The summed E-state index contributed by atoms with van der Waals surface area (Å²) >= 11 is 0. The van der Waals surface area contributed by atoms with Crippen LogP contribution in [0.15, 0.2) is 4.52 Å². The van der Waals surface area contributed by atoms with Crippen molar-refractivity contribution in [2.45, 2.75) is 24.9 Å². The Kier molecular flexibility index (Phi) is 3.52. The molecule has 0 aromatic carbocycles. The Morgan fingerprint density at radius 2 is 2.31 bits per heavy atom. The lowest BCUT2D eigenvalue weighted by atomic mass is 9.97. The molecule has 0 spiro atoms. The van der Waals surface area contributed by atoms with Gasteiger partial charge in [-0.25, -0.2) is 0 Å². The maximum Gasteiger partial charge on any atom is 0.233 e. The van der Waals surface area contributed by atoms with Gasteiger partial charge in [-0.1, -0.05) is 5.16 Å². The fourth-order valence-corrected chi connectivity index (χ4v) is 1.77. The molecule has 0 saturated carbocycles. The van der Waals surface area contributed by atoms with Crippen LogP contribution in [0.3, 0.4) is 0 Å². The number of aromatic nitrogens is 2. The summed E-state index contributed by atoms with van der Waals surface area (Å²) in [5.41, 5.74) is 6.00. The van der Waals surface area contributed by atoms with Gasteiger partial charge in [0.15, 0.2) is 5.82 Å². The van der Waals surface area contributed by atoms with Crippen LogP contribution in [-0.2, 0) is 11.3 Å². The van der Waals surface area contributed by atoms with Crippen LogP contribution in [0.5, 0.6) is 0 Å². The molecule has 1 aliphatic heterocycles. The van der Waals surface area contributed by atoms with E-state index in [9.17, 15) is 0 Å². The molecule has 0 aliphatic carbocycles. The van der Waals surface area contributed by atoms with Crippen LogP contribution in [-0.4, -0.2) is 48.4 Å². The smallest absolute Gasteiger partial charge is 0.233 e. The van der Waals surface area contributed by atoms with Gasteiger partial charge >= 0.3 is 0 Å². The molecule has 1 fully saturated rings. The molecule has 2 rings (SSSR count). The average Bonchev–Trinajstić information content (AvgIpc) is 2.66. The molecule has 90 valence electrons. The van der Waals surface area contributed by atoms with Crippen molar-refractivity contribution in [2.24, 2.45) is 5.73 Å². The number of hydrogen-bond donors (Lipinski definition) is 1. The van der Waals surface area contributed by atoms with E-state index in [2.05, 4.69) is 10.1 Å². The Balaban J connectivity index is 2.05. The lowest BCUT2D eigenvalue weighted by molar-refractivity contribution is 0.0590. The second kappa shape index (κ2) is 4.90. The fraction of sp³-hybridized carbons (Fsp3) is 0.800. The van der Waals surface area contributed by atoms with Gasteiger partial charge in [0.25, 0.3) is 0 Å². The number of rotatable bonds is 3. The molecule has 1 saturated heterocycles. The molecule has 0 bridgehead atoms. The number of hydrogen-bond acceptors (Lipinski definition) is 6. The zero-order chi connectivity index (χ0) is 11.5. The van der Waals surface area contributed by atoms with Crippen molar-refractivity contribution in [1.29, 1.82) is 0 Å². The van der Waals surface area contributed by atoms with E-state index in [0.29, 0.717) is 24.9 Å². The minimum Gasteiger partial charge on any atom is -0.381 e. The lowest BCUT2D eigenvalue weighted by Gasteiger charge is -2.25. The Morgan fingerprint density at radius 3 is 3.00 bits per heavy atom. The van der Waals surface area contributed by atoms with Crippen molar-refractivity contribution >= 4 is 0 Å². The van der Waals surface area contributed by atoms with Crippen LogP contribution in [0.1, 0.15) is 24.1 Å². The first-order valence-electron chi connectivity index (χ1n) is 5.47. The molecule has 0 radical (unpaired) electrons. The number of ether oxygens (including phenoxy) is 1. The third-order valence-corrected chi connectivity index (χ3v) is 2.67. The molecule has 16 heavy (non-hydrogen) atoms. The van der Waals surface area contributed by atoms with Gasteiger partial charge in [0, 0.05) is 12.6 Å². The van der Waals surface area contributed by atoms with Gasteiger partial charge in [-0.15, -0.1) is 0 Å². The number of nitrogens with two attached hydrogens (primary N) is 1. The van der Waals surface area contributed by atoms with E-state index in [0.717, 1.165) is 13.0 Å². The normalized spacial score (nSPS) is 26.2. The van der Waals surface area contributed by atoms with Gasteiger partial charge < -0.3 is 19.9 Å². The van der Waals surface area contributed by atoms with Crippen LogP contribution < -0.4 is 5.73 Å². The van der Waals surface area contributed by atoms with E-state index in [1.54, 1.807) is 0 Å². The van der Waals surface area contributed by atoms with Crippen molar-refractivity contribution in [3.05, 3.63) is 11.7 Å². The van der Waals surface area contributed by atoms with E-state index in [-0.39, 0.29) is 12.0 Å². The Hall–Kier alpha value is -0.980. The maximum atomic E-state index is 6.00. The highest BCUT2D eigenvalue weighted by Crippen LogP contribution is 2.23. The van der Waals surface area contributed by atoms with E-state index in [1.165, 1.54) is 0 Å². The van der Waals surface area contributed by atoms with Crippen LogP contribution in [0, 0.1) is 0 Å². The van der Waals surface area contributed by atoms with Crippen LogP contribution in [0.2, 0.25) is 0 Å². The molecule has 2 unspecified atom stereocenters. The molecule has 6 heteroatoms. The van der Waals surface area contributed by atoms with E-state index < -0.39 is 0 Å². The molecular formula is C10H18N4O2. The monoisotopic (exact) mass is 226 g/mol. The van der Waals surface area contributed by atoms with Gasteiger partial charge in [-0.05, 0) is 20.5 Å². The molecule has 2 atom stereocenters. The highest BCUT2D eigenvalue weighted by molar-refractivity contribution is 5.00. The van der Waals surface area contributed by atoms with Crippen molar-refractivity contribution in [3.8, 4) is 0 Å². The van der Waals surface area contributed by atoms with Crippen molar-refractivity contribution in [3.63, 3.8) is 0 Å². The predicted molar refractivity (Wildman–Crippen MR) is 57.8 cm³/mol. The largest absolute Gasteiger partial charge is 0.381 e. The SMILES string of the molecule is CN(C)Cc1noc(C2COCCC2N)n1. The Morgan fingerprint density at radius 1 is 1.50 bits per heavy atom. The maximum absolute atomic E-state index is 6.00. The first-order valence-corrected chi connectivity index (χ1v) is 5.47. The first kappa shape index (κ1) is 11.5. The summed E-state index contributed by atoms with van der Waals surface area (Å²) in [7, 11) is 3.93. The van der Waals surface area contributed by atoms with Crippen LogP contribution >= 0.6 is 0 Å². The minimum atomic E-state index is 0.0390. The third-order valence-electron chi connectivity index (χ3n) is 2.67. The molecule has 1 aromatic heterocycles. The van der Waals surface area contributed by atoms with Crippen molar-refractivity contribution < 1.29 is 9.26 Å². The van der Waals surface area contributed by atoms with Crippen molar-refractivity contribution in [1.82, 2.24) is 15.0 Å². The molecule has 0 amide bonds. The quantitative estimate of drug-likeness (QED) is 0.779. The Labute approximate surface area is 94.7 Å². The van der Waals surface area contributed by atoms with Crippen LogP contribution in [0.4, 0.5) is 0 Å². The molecule has 6 nitrogen and oxygen atoms in total. The van der Waals surface area contributed by atoms with E-state index in [1.807, 2.05) is 19.0 Å². The molecule has 1 aromatic rings.